The Morgan fingerprint density at radius 1 is 1.29 bits per heavy atom. The number of nitrogens with zero attached hydrogens (tertiary/aromatic N) is 2. The van der Waals surface area contributed by atoms with Gasteiger partial charge in [0.25, 0.3) is 0 Å². The van der Waals surface area contributed by atoms with Crippen molar-refractivity contribution in [1.29, 1.82) is 0 Å². The smallest absolute Gasteiger partial charge is 0.445 e. The number of rotatable bonds is 2. The summed E-state index contributed by atoms with van der Waals surface area (Å²) < 4.78 is 37.2. The van der Waals surface area contributed by atoms with Gasteiger partial charge in [-0.2, -0.15) is 0 Å². The molecule has 1 aromatic rings. The normalized spacial score (nSPS) is 11.3. The molecule has 0 saturated carbocycles. The van der Waals surface area contributed by atoms with Crippen LogP contribution in [-0.4, -0.2) is 16.9 Å². The van der Waals surface area contributed by atoms with Gasteiger partial charge in [0.2, 0.25) is 0 Å². The SMILES string of the molecule is CC(C)c1ncncc1[B-](F)(F)F.[K+]. The van der Waals surface area contributed by atoms with Crippen LogP contribution < -0.4 is 56.8 Å². The largest absolute Gasteiger partial charge is 1.00 e. The van der Waals surface area contributed by atoms with E-state index in [1.54, 1.807) is 13.8 Å². The summed E-state index contributed by atoms with van der Waals surface area (Å²) in [7, 11) is 0. The maximum atomic E-state index is 12.4. The van der Waals surface area contributed by atoms with E-state index in [-0.39, 0.29) is 63.0 Å². The van der Waals surface area contributed by atoms with Gasteiger partial charge in [-0.3, -0.25) is 0 Å². The van der Waals surface area contributed by atoms with E-state index < -0.39 is 12.4 Å². The van der Waals surface area contributed by atoms with Gasteiger partial charge < -0.3 is 12.9 Å². The Kier molecular flexibility index (Phi) is 5.83. The van der Waals surface area contributed by atoms with Crippen molar-refractivity contribution in [2.45, 2.75) is 19.8 Å². The first-order valence-electron chi connectivity index (χ1n) is 3.92. The van der Waals surface area contributed by atoms with Crippen LogP contribution in [0.15, 0.2) is 12.5 Å². The van der Waals surface area contributed by atoms with E-state index in [1.165, 1.54) is 0 Å². The minimum Gasteiger partial charge on any atom is -0.445 e. The van der Waals surface area contributed by atoms with Crippen molar-refractivity contribution >= 4 is 12.4 Å². The van der Waals surface area contributed by atoms with E-state index >= 15 is 0 Å². The zero-order chi connectivity index (χ0) is 10.1. The standard InChI is InChI=1S/C7H9BF3N2.K/c1-5(2)7-6(8(9,10)11)3-12-4-13-7;/h3-5H,1-2H3;/q-1;+1. The van der Waals surface area contributed by atoms with Crippen molar-refractivity contribution in [2.75, 3.05) is 0 Å². The van der Waals surface area contributed by atoms with Crippen LogP contribution in [0.3, 0.4) is 0 Å². The summed E-state index contributed by atoms with van der Waals surface area (Å²) in [6.07, 6.45) is 1.98. The molecule has 7 heteroatoms. The van der Waals surface area contributed by atoms with Crippen LogP contribution in [0.25, 0.3) is 0 Å². The number of aromatic nitrogens is 2. The van der Waals surface area contributed by atoms with E-state index in [0.29, 0.717) is 0 Å². The van der Waals surface area contributed by atoms with Crippen molar-refractivity contribution in [2.24, 2.45) is 0 Å². The van der Waals surface area contributed by atoms with E-state index in [4.69, 9.17) is 0 Å². The van der Waals surface area contributed by atoms with Gasteiger partial charge in [-0.05, 0) is 5.92 Å². The van der Waals surface area contributed by atoms with Gasteiger partial charge in [-0.1, -0.05) is 19.3 Å². The Balaban J connectivity index is 0.00000169. The summed E-state index contributed by atoms with van der Waals surface area (Å²) in [6.45, 7) is -1.64. The molecule has 0 aliphatic carbocycles. The van der Waals surface area contributed by atoms with Crippen LogP contribution in [0.2, 0.25) is 0 Å². The summed E-state index contributed by atoms with van der Waals surface area (Å²) in [5, 5.41) is 0. The van der Waals surface area contributed by atoms with Crippen molar-refractivity contribution in [1.82, 2.24) is 9.97 Å². The van der Waals surface area contributed by atoms with Crippen molar-refractivity contribution in [3.63, 3.8) is 0 Å². The van der Waals surface area contributed by atoms with Gasteiger partial charge in [0.15, 0.2) is 0 Å². The van der Waals surface area contributed by atoms with Gasteiger partial charge in [-0.25, -0.2) is 9.97 Å². The van der Waals surface area contributed by atoms with Crippen molar-refractivity contribution in [3.8, 4) is 0 Å². The average Bonchev–Trinajstić information content (AvgIpc) is 2.03. The molecule has 0 aliphatic heterocycles. The van der Waals surface area contributed by atoms with E-state index in [0.717, 1.165) is 12.5 Å². The molecule has 0 unspecified atom stereocenters. The van der Waals surface area contributed by atoms with Crippen LogP contribution in [-0.2, 0) is 0 Å². The fourth-order valence-corrected chi connectivity index (χ4v) is 1.08. The average molecular weight is 228 g/mol. The van der Waals surface area contributed by atoms with Gasteiger partial charge in [0.05, 0.1) is 0 Å². The predicted molar refractivity (Wildman–Crippen MR) is 44.8 cm³/mol. The van der Waals surface area contributed by atoms with Crippen LogP contribution in [0.5, 0.6) is 0 Å². The minimum absolute atomic E-state index is 0. The van der Waals surface area contributed by atoms with Crippen LogP contribution >= 0.6 is 0 Å². The molecule has 0 atom stereocenters. The molecule has 0 fully saturated rings. The summed E-state index contributed by atoms with van der Waals surface area (Å²) in [5.74, 6) is -0.235. The molecule has 0 aromatic carbocycles. The number of hydrogen-bond acceptors (Lipinski definition) is 2. The third-order valence-electron chi connectivity index (χ3n) is 1.67. The molecule has 0 saturated heterocycles. The summed E-state index contributed by atoms with van der Waals surface area (Å²) >= 11 is 0. The van der Waals surface area contributed by atoms with Gasteiger partial charge >= 0.3 is 58.4 Å². The molecule has 1 aromatic heterocycles. The van der Waals surface area contributed by atoms with Crippen LogP contribution in [0.1, 0.15) is 25.5 Å². The Hall–Kier alpha value is 0.571. The summed E-state index contributed by atoms with van der Waals surface area (Å²) in [5.41, 5.74) is -0.611. The molecule has 0 amide bonds. The molecule has 1 heterocycles. The molecule has 0 spiro atoms. The van der Waals surface area contributed by atoms with Crippen LogP contribution in [0.4, 0.5) is 12.9 Å². The van der Waals surface area contributed by atoms with E-state index in [9.17, 15) is 12.9 Å². The predicted octanol–water partition coefficient (Wildman–Crippen LogP) is -1.34. The van der Waals surface area contributed by atoms with E-state index in [2.05, 4.69) is 9.97 Å². The Labute approximate surface area is 123 Å². The first kappa shape index (κ1) is 14.6. The maximum absolute atomic E-state index is 12.4. The minimum atomic E-state index is -4.99. The Morgan fingerprint density at radius 2 is 1.86 bits per heavy atom. The van der Waals surface area contributed by atoms with Gasteiger partial charge in [0, 0.05) is 11.9 Å². The van der Waals surface area contributed by atoms with Gasteiger partial charge in [-0.15, -0.1) is 0 Å². The fourth-order valence-electron chi connectivity index (χ4n) is 1.08. The van der Waals surface area contributed by atoms with Crippen molar-refractivity contribution < 1.29 is 64.3 Å². The Bertz CT molecular complexity index is 303. The molecule has 0 N–H and O–H groups in total. The third-order valence-corrected chi connectivity index (χ3v) is 1.67. The molecule has 72 valence electrons. The molecular formula is C7H9BF3KN2. The zero-order valence-electron chi connectivity index (χ0n) is 8.34. The first-order chi connectivity index (χ1) is 5.93. The second-order valence-electron chi connectivity index (χ2n) is 3.09. The maximum Gasteiger partial charge on any atom is 1.00 e. The molecule has 0 aliphatic rings. The molecule has 2 nitrogen and oxygen atoms in total. The molecular weight excluding hydrogens is 219 g/mol. The molecule has 14 heavy (non-hydrogen) atoms. The number of halogens is 3. The first-order valence-corrected chi connectivity index (χ1v) is 3.92. The van der Waals surface area contributed by atoms with Crippen LogP contribution in [0, 0.1) is 0 Å². The Morgan fingerprint density at radius 3 is 2.21 bits per heavy atom. The zero-order valence-corrected chi connectivity index (χ0v) is 11.5. The summed E-state index contributed by atoms with van der Waals surface area (Å²) in [4.78, 5) is 7.01. The number of hydrogen-bond donors (Lipinski definition) is 0. The molecule has 0 bridgehead atoms. The second kappa shape index (κ2) is 5.60. The third kappa shape index (κ3) is 3.62. The van der Waals surface area contributed by atoms with Crippen molar-refractivity contribution in [3.05, 3.63) is 18.2 Å². The summed E-state index contributed by atoms with van der Waals surface area (Å²) in [6, 6.07) is 0. The quantitative estimate of drug-likeness (QED) is 0.585. The fraction of sp³-hybridized carbons (Fsp3) is 0.429. The molecule has 1 rings (SSSR count). The molecule has 0 radical (unpaired) electrons. The second-order valence-corrected chi connectivity index (χ2v) is 3.09. The topological polar surface area (TPSA) is 25.8 Å². The van der Waals surface area contributed by atoms with E-state index in [1.807, 2.05) is 0 Å². The monoisotopic (exact) mass is 228 g/mol. The van der Waals surface area contributed by atoms with Gasteiger partial charge in [0.1, 0.15) is 6.33 Å².